The Kier molecular flexibility index (Phi) is 8.94. The lowest BCUT2D eigenvalue weighted by Gasteiger charge is -2.14. The number of nitrogens with two attached hydrogens (primary N) is 1. The number of rotatable bonds is 4. The van der Waals surface area contributed by atoms with Gasteiger partial charge in [0, 0.05) is 48.9 Å². The third-order valence-corrected chi connectivity index (χ3v) is 6.16. The summed E-state index contributed by atoms with van der Waals surface area (Å²) in [6.45, 7) is 10.1. The number of benzene rings is 2. The molecule has 0 aliphatic heterocycles. The Labute approximate surface area is 222 Å². The molecule has 3 aromatic heterocycles. The molecule has 0 atom stereocenters. The first-order valence-electron chi connectivity index (χ1n) is 12.7. The van der Waals surface area contributed by atoms with Crippen LogP contribution in [0.15, 0.2) is 53.7 Å². The second-order valence-electron chi connectivity index (χ2n) is 8.17. The van der Waals surface area contributed by atoms with E-state index in [1.54, 1.807) is 27.8 Å². The summed E-state index contributed by atoms with van der Waals surface area (Å²) in [6, 6.07) is 11.9. The van der Waals surface area contributed by atoms with Gasteiger partial charge < -0.3 is 5.73 Å². The van der Waals surface area contributed by atoms with Crippen LogP contribution >= 0.6 is 0 Å². The zero-order chi connectivity index (χ0) is 28.0. The first-order chi connectivity index (χ1) is 18.4. The van der Waals surface area contributed by atoms with Crippen molar-refractivity contribution in [1.82, 2.24) is 29.8 Å². The van der Waals surface area contributed by atoms with Crippen LogP contribution in [0.3, 0.4) is 0 Å². The van der Waals surface area contributed by atoms with E-state index in [4.69, 9.17) is 5.73 Å². The van der Waals surface area contributed by atoms with E-state index in [2.05, 4.69) is 26.5 Å². The SMILES string of the molecule is CC.CC.Cc1c(-c2cnn(C)c2)ccc(-c2c(-c3ccc4c(=O)[nH]nc(CN)c4c3)cnn2C)c1C#N. The summed E-state index contributed by atoms with van der Waals surface area (Å²) >= 11 is 0. The van der Waals surface area contributed by atoms with E-state index in [1.807, 2.05) is 79.2 Å². The molecule has 0 aliphatic carbocycles. The Morgan fingerprint density at radius 1 is 0.947 bits per heavy atom. The van der Waals surface area contributed by atoms with Crippen molar-refractivity contribution in [1.29, 1.82) is 5.26 Å². The Balaban J connectivity index is 0.000000956. The lowest BCUT2D eigenvalue weighted by atomic mass is 9.91. The van der Waals surface area contributed by atoms with Crippen molar-refractivity contribution < 1.29 is 0 Å². The normalized spacial score (nSPS) is 10.3. The molecule has 0 radical (unpaired) electrons. The molecule has 0 saturated carbocycles. The summed E-state index contributed by atoms with van der Waals surface area (Å²) in [6.07, 6.45) is 5.49. The molecule has 196 valence electrons. The van der Waals surface area contributed by atoms with E-state index in [0.717, 1.165) is 39.1 Å². The summed E-state index contributed by atoms with van der Waals surface area (Å²) in [5.41, 5.74) is 12.9. The van der Waals surface area contributed by atoms with Crippen molar-refractivity contribution in [2.75, 3.05) is 0 Å². The molecule has 38 heavy (non-hydrogen) atoms. The minimum Gasteiger partial charge on any atom is -0.325 e. The maximum absolute atomic E-state index is 12.2. The summed E-state index contributed by atoms with van der Waals surface area (Å²) in [7, 11) is 3.71. The second-order valence-corrected chi connectivity index (χ2v) is 8.17. The highest BCUT2D eigenvalue weighted by molar-refractivity contribution is 5.92. The van der Waals surface area contributed by atoms with Gasteiger partial charge in [0.2, 0.25) is 0 Å². The van der Waals surface area contributed by atoms with Crippen LogP contribution in [0.2, 0.25) is 0 Å². The molecule has 0 fully saturated rings. The quantitative estimate of drug-likeness (QED) is 0.346. The minimum atomic E-state index is -0.265. The fourth-order valence-electron chi connectivity index (χ4n) is 4.44. The van der Waals surface area contributed by atoms with Crippen molar-refractivity contribution in [3.8, 4) is 39.6 Å². The summed E-state index contributed by atoms with van der Waals surface area (Å²) in [5.74, 6) is 0. The van der Waals surface area contributed by atoms with E-state index in [0.29, 0.717) is 22.0 Å². The van der Waals surface area contributed by atoms with Gasteiger partial charge in [-0.25, -0.2) is 5.10 Å². The number of fused-ring (bicyclic) bond motifs is 1. The van der Waals surface area contributed by atoms with Gasteiger partial charge in [0.25, 0.3) is 5.56 Å². The zero-order valence-electron chi connectivity index (χ0n) is 23.0. The number of hydrogen-bond donors (Lipinski definition) is 2. The highest BCUT2D eigenvalue weighted by atomic mass is 16.1. The number of hydrogen-bond acceptors (Lipinski definition) is 6. The Morgan fingerprint density at radius 3 is 2.29 bits per heavy atom. The van der Waals surface area contributed by atoms with Gasteiger partial charge in [-0.3, -0.25) is 14.2 Å². The molecule has 0 spiro atoms. The van der Waals surface area contributed by atoms with E-state index >= 15 is 0 Å². The number of nitriles is 1. The average molecular weight is 511 g/mol. The molecular weight excluding hydrogens is 476 g/mol. The molecular formula is C29H34N8O. The van der Waals surface area contributed by atoms with Crippen LogP contribution in [-0.4, -0.2) is 29.8 Å². The smallest absolute Gasteiger partial charge is 0.272 e. The van der Waals surface area contributed by atoms with Crippen LogP contribution < -0.4 is 11.3 Å². The maximum Gasteiger partial charge on any atom is 0.272 e. The minimum absolute atomic E-state index is 0.199. The van der Waals surface area contributed by atoms with Crippen molar-refractivity contribution in [2.45, 2.75) is 41.2 Å². The molecule has 2 aromatic carbocycles. The van der Waals surface area contributed by atoms with Crippen LogP contribution in [0.4, 0.5) is 0 Å². The Morgan fingerprint density at radius 2 is 1.66 bits per heavy atom. The molecule has 5 aromatic rings. The summed E-state index contributed by atoms with van der Waals surface area (Å²) in [5, 5.41) is 26.7. The number of nitrogens with one attached hydrogen (secondary N) is 1. The largest absolute Gasteiger partial charge is 0.325 e. The molecule has 9 heteroatoms. The number of aryl methyl sites for hydroxylation is 2. The second kappa shape index (κ2) is 12.1. The van der Waals surface area contributed by atoms with Gasteiger partial charge in [0.15, 0.2) is 0 Å². The predicted molar refractivity (Wildman–Crippen MR) is 152 cm³/mol. The van der Waals surface area contributed by atoms with Crippen molar-refractivity contribution in [2.24, 2.45) is 19.8 Å². The zero-order valence-corrected chi connectivity index (χ0v) is 23.0. The number of nitrogens with zero attached hydrogens (tertiary/aromatic N) is 6. The van der Waals surface area contributed by atoms with Gasteiger partial charge in [-0.05, 0) is 35.7 Å². The third-order valence-electron chi connectivity index (χ3n) is 6.16. The molecule has 0 unspecified atom stereocenters. The highest BCUT2D eigenvalue weighted by Gasteiger charge is 2.20. The van der Waals surface area contributed by atoms with Gasteiger partial charge in [0.1, 0.15) is 6.07 Å². The number of H-pyrrole nitrogens is 1. The standard InChI is InChI=1S/C25H22N8O.2C2H6/c1-14-17(16-11-28-32(2)13-16)6-7-18(21(14)9-26)24-22(12-29-33(24)3)15-4-5-19-20(8-15)23(10-27)30-31-25(19)34;2*1-2/h4-8,11-13H,10,27H2,1-3H3,(H,31,34);2*1-2H3. The van der Waals surface area contributed by atoms with E-state index in [1.165, 1.54) is 0 Å². The van der Waals surface area contributed by atoms with Gasteiger partial charge in [-0.1, -0.05) is 45.9 Å². The molecule has 5 rings (SSSR count). The average Bonchev–Trinajstić information content (AvgIpc) is 3.56. The lowest BCUT2D eigenvalue weighted by molar-refractivity contribution is 0.768. The summed E-state index contributed by atoms with van der Waals surface area (Å²) < 4.78 is 3.50. The van der Waals surface area contributed by atoms with Crippen LogP contribution in [0, 0.1) is 18.3 Å². The topological polar surface area (TPSA) is 131 Å². The van der Waals surface area contributed by atoms with Crippen molar-refractivity contribution in [3.63, 3.8) is 0 Å². The molecule has 0 aliphatic rings. The fourth-order valence-corrected chi connectivity index (χ4v) is 4.44. The first-order valence-corrected chi connectivity index (χ1v) is 12.7. The van der Waals surface area contributed by atoms with Crippen LogP contribution in [0.1, 0.15) is 44.5 Å². The van der Waals surface area contributed by atoms with Crippen molar-refractivity contribution >= 4 is 10.8 Å². The summed E-state index contributed by atoms with van der Waals surface area (Å²) in [4.78, 5) is 12.2. The van der Waals surface area contributed by atoms with Crippen molar-refractivity contribution in [3.05, 3.63) is 76.1 Å². The van der Waals surface area contributed by atoms with Gasteiger partial charge in [-0.15, -0.1) is 0 Å². The number of aromatic nitrogens is 6. The molecule has 0 saturated heterocycles. The Hall–Kier alpha value is -4.55. The molecule has 0 bridgehead atoms. The lowest BCUT2D eigenvalue weighted by Crippen LogP contribution is -2.13. The van der Waals surface area contributed by atoms with E-state index in [-0.39, 0.29) is 12.1 Å². The highest BCUT2D eigenvalue weighted by Crippen LogP contribution is 2.38. The van der Waals surface area contributed by atoms with Crippen LogP contribution in [-0.2, 0) is 20.6 Å². The molecule has 3 heterocycles. The van der Waals surface area contributed by atoms with Gasteiger partial charge in [0.05, 0.1) is 34.7 Å². The maximum atomic E-state index is 12.2. The van der Waals surface area contributed by atoms with Crippen LogP contribution in [0.25, 0.3) is 44.3 Å². The third kappa shape index (κ3) is 4.99. The number of aromatic amines is 1. The fraction of sp³-hybridized carbons (Fsp3) is 0.276. The van der Waals surface area contributed by atoms with E-state index < -0.39 is 0 Å². The predicted octanol–water partition coefficient (Wildman–Crippen LogP) is 5.08. The molecule has 0 amide bonds. The molecule has 3 N–H and O–H groups in total. The van der Waals surface area contributed by atoms with Gasteiger partial charge >= 0.3 is 0 Å². The van der Waals surface area contributed by atoms with Crippen LogP contribution in [0.5, 0.6) is 0 Å². The first kappa shape index (κ1) is 28.0. The molecule has 9 nitrogen and oxygen atoms in total. The monoisotopic (exact) mass is 510 g/mol. The Bertz CT molecular complexity index is 1670. The van der Waals surface area contributed by atoms with E-state index in [9.17, 15) is 10.1 Å². The van der Waals surface area contributed by atoms with Gasteiger partial charge in [-0.2, -0.15) is 20.6 Å².